The highest BCUT2D eigenvalue weighted by Crippen LogP contribution is 2.32. The molecule has 112 valence electrons. The number of aryl methyl sites for hydroxylation is 1. The van der Waals surface area contributed by atoms with Crippen LogP contribution in [0.3, 0.4) is 0 Å². The second-order valence-corrected chi connectivity index (χ2v) is 6.06. The van der Waals surface area contributed by atoms with Crippen LogP contribution in [0.15, 0.2) is 24.4 Å². The number of imidazole rings is 1. The zero-order valence-corrected chi connectivity index (χ0v) is 12.8. The zero-order valence-electron chi connectivity index (χ0n) is 12.1. The van der Waals surface area contributed by atoms with Crippen molar-refractivity contribution >= 4 is 17.5 Å². The highest BCUT2D eigenvalue weighted by molar-refractivity contribution is 6.30. The molecule has 1 saturated carbocycles. The molecule has 0 bridgehead atoms. The van der Waals surface area contributed by atoms with Gasteiger partial charge in [0.1, 0.15) is 5.82 Å². The summed E-state index contributed by atoms with van der Waals surface area (Å²) >= 11 is 5.81. The van der Waals surface area contributed by atoms with E-state index in [1.165, 1.54) is 31.7 Å². The van der Waals surface area contributed by atoms with E-state index in [4.69, 9.17) is 11.6 Å². The molecular formula is C16H19ClFN3. The third-order valence-corrected chi connectivity index (χ3v) is 4.30. The van der Waals surface area contributed by atoms with Crippen molar-refractivity contribution in [2.75, 3.05) is 5.32 Å². The van der Waals surface area contributed by atoms with Crippen LogP contribution < -0.4 is 5.32 Å². The number of rotatable bonds is 4. The third kappa shape index (κ3) is 3.21. The summed E-state index contributed by atoms with van der Waals surface area (Å²) in [5.41, 5.74) is 1.96. The normalized spacial score (nSPS) is 15.6. The van der Waals surface area contributed by atoms with Crippen LogP contribution in [-0.4, -0.2) is 9.55 Å². The van der Waals surface area contributed by atoms with Gasteiger partial charge in [0.05, 0.1) is 10.7 Å². The molecule has 5 heteroatoms. The summed E-state index contributed by atoms with van der Waals surface area (Å²) in [6.07, 6.45) is 7.11. The van der Waals surface area contributed by atoms with Gasteiger partial charge in [0.15, 0.2) is 0 Å². The Morgan fingerprint density at radius 3 is 2.86 bits per heavy atom. The minimum atomic E-state index is -0.385. The number of hydrogen-bond donors (Lipinski definition) is 1. The number of hydrogen-bond acceptors (Lipinski definition) is 2. The number of halogens is 2. The largest absolute Gasteiger partial charge is 0.352 e. The van der Waals surface area contributed by atoms with Gasteiger partial charge in [-0.3, -0.25) is 0 Å². The monoisotopic (exact) mass is 307 g/mol. The molecular weight excluding hydrogens is 289 g/mol. The minimum absolute atomic E-state index is 0.157. The van der Waals surface area contributed by atoms with Crippen molar-refractivity contribution in [3.05, 3.63) is 46.5 Å². The number of anilines is 1. The molecule has 0 spiro atoms. The summed E-state index contributed by atoms with van der Waals surface area (Å²) in [7, 11) is 0. The summed E-state index contributed by atoms with van der Waals surface area (Å²) in [5.74, 6) is 0.503. The molecule has 1 aliphatic rings. The van der Waals surface area contributed by atoms with Crippen molar-refractivity contribution in [1.82, 2.24) is 9.55 Å². The highest BCUT2D eigenvalue weighted by Gasteiger charge is 2.20. The molecule has 1 N–H and O–H groups in total. The van der Waals surface area contributed by atoms with E-state index in [1.807, 2.05) is 6.92 Å². The fourth-order valence-corrected chi connectivity index (χ4v) is 3.14. The maximum Gasteiger partial charge on any atom is 0.203 e. The Kier molecular flexibility index (Phi) is 4.15. The first-order chi connectivity index (χ1) is 10.1. The van der Waals surface area contributed by atoms with Crippen LogP contribution in [-0.2, 0) is 6.54 Å². The Bertz CT molecular complexity index is 632. The van der Waals surface area contributed by atoms with E-state index in [0.29, 0.717) is 12.6 Å². The molecule has 1 heterocycles. The Hall–Kier alpha value is -1.55. The van der Waals surface area contributed by atoms with Gasteiger partial charge < -0.3 is 9.88 Å². The van der Waals surface area contributed by atoms with Gasteiger partial charge in [-0.1, -0.05) is 30.5 Å². The van der Waals surface area contributed by atoms with Gasteiger partial charge in [-0.05, 0) is 37.5 Å². The lowest BCUT2D eigenvalue weighted by molar-refractivity contribution is 0.522. The fourth-order valence-electron chi connectivity index (χ4n) is 2.94. The van der Waals surface area contributed by atoms with E-state index < -0.39 is 0 Å². The fraction of sp³-hybridized carbons (Fsp3) is 0.438. The first-order valence-corrected chi connectivity index (χ1v) is 7.74. The lowest BCUT2D eigenvalue weighted by Crippen LogP contribution is -2.10. The molecule has 0 radical (unpaired) electrons. The average Bonchev–Trinajstić information content (AvgIpc) is 3.09. The molecule has 0 aliphatic heterocycles. The number of nitrogens with zero attached hydrogens (tertiary/aromatic N) is 2. The maximum absolute atomic E-state index is 13.2. The first kappa shape index (κ1) is 14.4. The predicted octanol–water partition coefficient (Wildman–Crippen LogP) is 4.71. The molecule has 3 rings (SSSR count). The van der Waals surface area contributed by atoms with Gasteiger partial charge in [-0.15, -0.1) is 0 Å². The second-order valence-electron chi connectivity index (χ2n) is 5.65. The van der Waals surface area contributed by atoms with Crippen molar-refractivity contribution in [2.24, 2.45) is 0 Å². The van der Waals surface area contributed by atoms with Gasteiger partial charge in [0.25, 0.3) is 0 Å². The Labute approximate surface area is 129 Å². The van der Waals surface area contributed by atoms with Gasteiger partial charge in [-0.2, -0.15) is 0 Å². The van der Waals surface area contributed by atoms with E-state index in [1.54, 1.807) is 12.1 Å². The number of benzene rings is 1. The average molecular weight is 308 g/mol. The Morgan fingerprint density at radius 2 is 2.14 bits per heavy atom. The van der Waals surface area contributed by atoms with Crippen LogP contribution in [0.1, 0.15) is 43.0 Å². The number of nitrogens with one attached hydrogen (secondary N) is 1. The molecule has 1 aliphatic carbocycles. The van der Waals surface area contributed by atoms with Gasteiger partial charge in [-0.25, -0.2) is 9.37 Å². The Morgan fingerprint density at radius 1 is 1.38 bits per heavy atom. The number of aromatic nitrogens is 2. The molecule has 1 fully saturated rings. The Balaban J connectivity index is 1.73. The van der Waals surface area contributed by atoms with Gasteiger partial charge in [0.2, 0.25) is 5.95 Å². The predicted molar refractivity (Wildman–Crippen MR) is 83.2 cm³/mol. The summed E-state index contributed by atoms with van der Waals surface area (Å²) in [6, 6.07) is 5.34. The van der Waals surface area contributed by atoms with Crippen molar-refractivity contribution in [1.29, 1.82) is 0 Å². The molecule has 0 unspecified atom stereocenters. The van der Waals surface area contributed by atoms with Crippen molar-refractivity contribution in [2.45, 2.75) is 45.2 Å². The summed E-state index contributed by atoms with van der Waals surface area (Å²) in [5, 5.41) is 3.50. The molecule has 0 amide bonds. The smallest absolute Gasteiger partial charge is 0.203 e. The summed E-state index contributed by atoms with van der Waals surface area (Å²) in [6.45, 7) is 2.59. The standard InChI is InChI=1S/C16H19ClFN3/c1-11-10-21(13-4-2-3-5-13)16(20-11)19-9-12-6-7-15(18)14(17)8-12/h6-8,10,13H,2-5,9H2,1H3,(H,19,20). The first-order valence-electron chi connectivity index (χ1n) is 7.37. The van der Waals surface area contributed by atoms with Crippen LogP contribution in [0.2, 0.25) is 5.02 Å². The van der Waals surface area contributed by atoms with Crippen LogP contribution in [0.25, 0.3) is 0 Å². The van der Waals surface area contributed by atoms with Crippen molar-refractivity contribution in [3.63, 3.8) is 0 Å². The maximum atomic E-state index is 13.2. The summed E-state index contributed by atoms with van der Waals surface area (Å²) < 4.78 is 15.4. The van der Waals surface area contributed by atoms with Crippen LogP contribution >= 0.6 is 11.6 Å². The van der Waals surface area contributed by atoms with E-state index in [2.05, 4.69) is 21.1 Å². The SMILES string of the molecule is Cc1cn(C2CCCC2)c(NCc2ccc(F)c(Cl)c2)n1. The van der Waals surface area contributed by atoms with Crippen LogP contribution in [0, 0.1) is 12.7 Å². The third-order valence-electron chi connectivity index (χ3n) is 4.01. The van der Waals surface area contributed by atoms with E-state index in [0.717, 1.165) is 17.2 Å². The summed E-state index contributed by atoms with van der Waals surface area (Å²) in [4.78, 5) is 4.56. The topological polar surface area (TPSA) is 29.9 Å². The lowest BCUT2D eigenvalue weighted by atomic mass is 10.2. The second kappa shape index (κ2) is 6.06. The molecule has 3 nitrogen and oxygen atoms in total. The minimum Gasteiger partial charge on any atom is -0.352 e. The van der Waals surface area contributed by atoms with Crippen LogP contribution in [0.4, 0.5) is 10.3 Å². The molecule has 21 heavy (non-hydrogen) atoms. The van der Waals surface area contributed by atoms with Crippen molar-refractivity contribution < 1.29 is 4.39 Å². The quantitative estimate of drug-likeness (QED) is 0.886. The molecule has 0 atom stereocenters. The molecule has 2 aromatic rings. The lowest BCUT2D eigenvalue weighted by Gasteiger charge is -2.15. The molecule has 0 saturated heterocycles. The van der Waals surface area contributed by atoms with E-state index in [9.17, 15) is 4.39 Å². The van der Waals surface area contributed by atoms with E-state index >= 15 is 0 Å². The van der Waals surface area contributed by atoms with Crippen LogP contribution in [0.5, 0.6) is 0 Å². The van der Waals surface area contributed by atoms with Gasteiger partial charge >= 0.3 is 0 Å². The molecule has 1 aromatic heterocycles. The van der Waals surface area contributed by atoms with E-state index in [-0.39, 0.29) is 10.8 Å². The zero-order chi connectivity index (χ0) is 14.8. The highest BCUT2D eigenvalue weighted by atomic mass is 35.5. The van der Waals surface area contributed by atoms with Gasteiger partial charge in [0, 0.05) is 18.8 Å². The molecule has 1 aromatic carbocycles. The van der Waals surface area contributed by atoms with Crippen molar-refractivity contribution in [3.8, 4) is 0 Å².